The molecule has 1 N–H and O–H groups in total. The molecule has 128 valence electrons. The van der Waals surface area contributed by atoms with Gasteiger partial charge in [-0.15, -0.1) is 0 Å². The van der Waals surface area contributed by atoms with Gasteiger partial charge in [0.25, 0.3) is 0 Å². The molecule has 2 aromatic heterocycles. The van der Waals surface area contributed by atoms with Crippen LogP contribution < -0.4 is 5.32 Å². The molecular formula is C18H22N2O3S. The van der Waals surface area contributed by atoms with E-state index >= 15 is 0 Å². The van der Waals surface area contributed by atoms with Crippen LogP contribution >= 0.6 is 11.3 Å². The van der Waals surface area contributed by atoms with Gasteiger partial charge in [0.1, 0.15) is 11.9 Å². The second-order valence-electron chi connectivity index (χ2n) is 6.61. The van der Waals surface area contributed by atoms with Crippen molar-refractivity contribution in [2.24, 2.45) is 5.92 Å². The molecule has 3 atom stereocenters. The largest absolute Gasteiger partial charge is 0.467 e. The summed E-state index contributed by atoms with van der Waals surface area (Å²) in [7, 11) is 0. The lowest BCUT2D eigenvalue weighted by molar-refractivity contribution is -0.133. The molecule has 2 aliphatic heterocycles. The number of rotatable bonds is 5. The molecule has 4 rings (SSSR count). The smallest absolute Gasteiger partial charge is 0.249 e. The van der Waals surface area contributed by atoms with Crippen molar-refractivity contribution in [2.75, 3.05) is 13.1 Å². The van der Waals surface area contributed by atoms with Crippen LogP contribution in [0.3, 0.4) is 0 Å². The first-order chi connectivity index (χ1) is 11.8. The number of carbonyl (C=O) groups is 1. The molecule has 0 unspecified atom stereocenters. The number of hydrogen-bond acceptors (Lipinski definition) is 5. The fourth-order valence-electron chi connectivity index (χ4n) is 3.65. The SMILES string of the molecule is O=C(NCc1ccco1)[C@@H]1C[C@@H]2CCN(Cc3ccsc3)C[C@H]2O1. The van der Waals surface area contributed by atoms with Gasteiger partial charge in [-0.3, -0.25) is 9.69 Å². The van der Waals surface area contributed by atoms with E-state index in [1.807, 2.05) is 12.1 Å². The van der Waals surface area contributed by atoms with E-state index in [2.05, 4.69) is 27.0 Å². The van der Waals surface area contributed by atoms with Gasteiger partial charge in [-0.1, -0.05) is 0 Å². The van der Waals surface area contributed by atoms with Gasteiger partial charge in [0.2, 0.25) is 5.91 Å². The molecule has 2 fully saturated rings. The summed E-state index contributed by atoms with van der Waals surface area (Å²) in [6.07, 6.45) is 3.41. The van der Waals surface area contributed by atoms with E-state index in [1.54, 1.807) is 17.6 Å². The average Bonchev–Trinajstić information content (AvgIpc) is 3.33. The Morgan fingerprint density at radius 2 is 2.38 bits per heavy atom. The van der Waals surface area contributed by atoms with Crippen LogP contribution in [0.15, 0.2) is 39.6 Å². The summed E-state index contributed by atoms with van der Waals surface area (Å²) in [5.74, 6) is 1.24. The molecule has 0 bridgehead atoms. The lowest BCUT2D eigenvalue weighted by Gasteiger charge is -2.33. The number of piperidine rings is 1. The second-order valence-corrected chi connectivity index (χ2v) is 7.39. The third kappa shape index (κ3) is 3.55. The van der Waals surface area contributed by atoms with Crippen molar-refractivity contribution in [1.29, 1.82) is 0 Å². The van der Waals surface area contributed by atoms with E-state index in [-0.39, 0.29) is 18.1 Å². The summed E-state index contributed by atoms with van der Waals surface area (Å²) in [6, 6.07) is 5.86. The fraction of sp³-hybridized carbons (Fsp3) is 0.500. The van der Waals surface area contributed by atoms with E-state index in [9.17, 15) is 4.79 Å². The van der Waals surface area contributed by atoms with Crippen LogP contribution in [0.2, 0.25) is 0 Å². The summed E-state index contributed by atoms with van der Waals surface area (Å²) < 4.78 is 11.3. The zero-order chi connectivity index (χ0) is 16.4. The van der Waals surface area contributed by atoms with Gasteiger partial charge in [0.05, 0.1) is 18.9 Å². The van der Waals surface area contributed by atoms with Crippen LogP contribution in [0.5, 0.6) is 0 Å². The van der Waals surface area contributed by atoms with Crippen molar-refractivity contribution < 1.29 is 13.9 Å². The molecule has 5 nitrogen and oxygen atoms in total. The number of nitrogens with one attached hydrogen (secondary N) is 1. The minimum absolute atomic E-state index is 0.0230. The lowest BCUT2D eigenvalue weighted by atomic mass is 9.91. The van der Waals surface area contributed by atoms with Crippen LogP contribution in [-0.2, 0) is 22.6 Å². The van der Waals surface area contributed by atoms with Gasteiger partial charge in [0.15, 0.2) is 0 Å². The van der Waals surface area contributed by atoms with Crippen molar-refractivity contribution in [3.63, 3.8) is 0 Å². The summed E-state index contributed by atoms with van der Waals surface area (Å²) in [5.41, 5.74) is 1.36. The predicted molar refractivity (Wildman–Crippen MR) is 91.5 cm³/mol. The Morgan fingerprint density at radius 3 is 3.17 bits per heavy atom. The molecule has 0 aliphatic carbocycles. The first-order valence-electron chi connectivity index (χ1n) is 8.47. The van der Waals surface area contributed by atoms with Crippen LogP contribution in [0.4, 0.5) is 0 Å². The minimum Gasteiger partial charge on any atom is -0.467 e. The third-order valence-electron chi connectivity index (χ3n) is 4.93. The van der Waals surface area contributed by atoms with Gasteiger partial charge >= 0.3 is 0 Å². The number of hydrogen-bond donors (Lipinski definition) is 1. The summed E-state index contributed by atoms with van der Waals surface area (Å²) in [5, 5.41) is 7.23. The summed E-state index contributed by atoms with van der Waals surface area (Å²) in [4.78, 5) is 14.8. The maximum Gasteiger partial charge on any atom is 0.249 e. The molecular weight excluding hydrogens is 324 g/mol. The fourth-order valence-corrected chi connectivity index (χ4v) is 4.31. The third-order valence-corrected chi connectivity index (χ3v) is 5.66. The van der Waals surface area contributed by atoms with Crippen LogP contribution in [-0.4, -0.2) is 36.1 Å². The quantitative estimate of drug-likeness (QED) is 0.904. The van der Waals surface area contributed by atoms with Crippen LogP contribution in [0.25, 0.3) is 0 Å². The average molecular weight is 346 g/mol. The Hall–Kier alpha value is -1.63. The van der Waals surface area contributed by atoms with Crippen molar-refractivity contribution in [3.05, 3.63) is 46.5 Å². The Kier molecular flexibility index (Phi) is 4.69. The van der Waals surface area contributed by atoms with Gasteiger partial charge in [-0.05, 0) is 59.8 Å². The number of ether oxygens (including phenoxy) is 1. The lowest BCUT2D eigenvalue weighted by Crippen LogP contribution is -2.42. The van der Waals surface area contributed by atoms with Crippen molar-refractivity contribution in [2.45, 2.75) is 38.1 Å². The topological polar surface area (TPSA) is 54.7 Å². The zero-order valence-electron chi connectivity index (χ0n) is 13.5. The molecule has 0 radical (unpaired) electrons. The zero-order valence-corrected chi connectivity index (χ0v) is 14.3. The minimum atomic E-state index is -0.323. The standard InChI is InChI=1S/C18H22N2O3S/c21-18(19-9-15-2-1-6-22-15)16-8-14-3-5-20(11-17(14)23-16)10-13-4-7-24-12-13/h1-2,4,6-7,12,14,16-17H,3,5,8-11H2,(H,19,21)/t14-,16-,17+/m0/s1. The highest BCUT2D eigenvalue weighted by atomic mass is 32.1. The Bertz CT molecular complexity index is 656. The first kappa shape index (κ1) is 15.9. The molecule has 4 heterocycles. The molecule has 2 aromatic rings. The highest BCUT2D eigenvalue weighted by Crippen LogP contribution is 2.33. The van der Waals surface area contributed by atoms with Crippen LogP contribution in [0.1, 0.15) is 24.2 Å². The summed E-state index contributed by atoms with van der Waals surface area (Å²) >= 11 is 1.74. The monoisotopic (exact) mass is 346 g/mol. The van der Waals surface area contributed by atoms with E-state index in [0.717, 1.165) is 38.2 Å². The normalized spacial score (nSPS) is 27.1. The number of furan rings is 1. The van der Waals surface area contributed by atoms with E-state index in [0.29, 0.717) is 12.5 Å². The maximum atomic E-state index is 12.3. The number of likely N-dealkylation sites (tertiary alicyclic amines) is 1. The van der Waals surface area contributed by atoms with Crippen molar-refractivity contribution >= 4 is 17.2 Å². The van der Waals surface area contributed by atoms with Crippen molar-refractivity contribution in [1.82, 2.24) is 10.2 Å². The van der Waals surface area contributed by atoms with Gasteiger partial charge in [-0.25, -0.2) is 0 Å². The molecule has 0 aromatic carbocycles. The maximum absolute atomic E-state index is 12.3. The number of fused-ring (bicyclic) bond motifs is 1. The number of amides is 1. The Morgan fingerprint density at radius 1 is 1.42 bits per heavy atom. The summed E-state index contributed by atoms with van der Waals surface area (Å²) in [6.45, 7) is 3.40. The first-order valence-corrected chi connectivity index (χ1v) is 9.41. The molecule has 0 spiro atoms. The Balaban J connectivity index is 1.28. The molecule has 6 heteroatoms. The highest BCUT2D eigenvalue weighted by molar-refractivity contribution is 7.07. The number of carbonyl (C=O) groups excluding carboxylic acids is 1. The van der Waals surface area contributed by atoms with Crippen molar-refractivity contribution in [3.8, 4) is 0 Å². The molecule has 1 amide bonds. The van der Waals surface area contributed by atoms with E-state index < -0.39 is 0 Å². The number of thiophene rings is 1. The molecule has 24 heavy (non-hydrogen) atoms. The molecule has 0 saturated carbocycles. The van der Waals surface area contributed by atoms with Gasteiger partial charge in [-0.2, -0.15) is 11.3 Å². The molecule has 2 saturated heterocycles. The van der Waals surface area contributed by atoms with Gasteiger partial charge < -0.3 is 14.5 Å². The second kappa shape index (κ2) is 7.09. The van der Waals surface area contributed by atoms with E-state index in [4.69, 9.17) is 9.15 Å². The molecule has 2 aliphatic rings. The predicted octanol–water partition coefficient (Wildman–Crippen LogP) is 2.64. The highest BCUT2D eigenvalue weighted by Gasteiger charge is 2.41. The number of nitrogens with zero attached hydrogens (tertiary/aromatic N) is 1. The van der Waals surface area contributed by atoms with Crippen LogP contribution in [0, 0.1) is 5.92 Å². The Labute approximate surface area is 145 Å². The van der Waals surface area contributed by atoms with Gasteiger partial charge in [0, 0.05) is 13.1 Å². The van der Waals surface area contributed by atoms with E-state index in [1.165, 1.54) is 5.56 Å².